The number of pyridine rings is 1. The summed E-state index contributed by atoms with van der Waals surface area (Å²) in [6.45, 7) is 1.02. The van der Waals surface area contributed by atoms with Crippen molar-refractivity contribution in [3.63, 3.8) is 0 Å². The van der Waals surface area contributed by atoms with Crippen LogP contribution >= 0.6 is 23.2 Å². The van der Waals surface area contributed by atoms with Gasteiger partial charge in [-0.2, -0.15) is 0 Å². The molecule has 0 unspecified atom stereocenters. The molecular weight excluding hydrogens is 335 g/mol. The first kappa shape index (κ1) is 15.8. The van der Waals surface area contributed by atoms with Crippen molar-refractivity contribution in [1.29, 1.82) is 0 Å². The molecule has 1 aliphatic rings. The number of amides is 1. The molecule has 2 aromatic rings. The van der Waals surface area contributed by atoms with Crippen molar-refractivity contribution in [2.75, 3.05) is 13.1 Å². The van der Waals surface area contributed by atoms with E-state index in [1.807, 2.05) is 18.2 Å². The first-order valence-corrected chi connectivity index (χ1v) is 7.88. The Morgan fingerprint density at radius 1 is 1.17 bits per heavy atom. The Morgan fingerprint density at radius 2 is 1.91 bits per heavy atom. The lowest BCUT2D eigenvalue weighted by Crippen LogP contribution is -2.55. The third-order valence-electron chi connectivity index (χ3n) is 3.47. The Labute approximate surface area is 144 Å². The first-order valence-electron chi connectivity index (χ1n) is 7.12. The van der Waals surface area contributed by atoms with Crippen LogP contribution in [0, 0.1) is 0 Å². The van der Waals surface area contributed by atoms with Crippen LogP contribution in [0.4, 0.5) is 0 Å². The lowest BCUT2D eigenvalue weighted by Gasteiger charge is -2.38. The van der Waals surface area contributed by atoms with E-state index < -0.39 is 0 Å². The van der Waals surface area contributed by atoms with Gasteiger partial charge >= 0.3 is 0 Å². The second-order valence-corrected chi connectivity index (χ2v) is 5.94. The average Bonchev–Trinajstić information content (AvgIpc) is 2.51. The molecule has 1 aromatic carbocycles. The lowest BCUT2D eigenvalue weighted by atomic mass is 10.1. The van der Waals surface area contributed by atoms with Gasteiger partial charge in [0.1, 0.15) is 11.1 Å². The van der Waals surface area contributed by atoms with Gasteiger partial charge in [0.25, 0.3) is 0 Å². The van der Waals surface area contributed by atoms with Crippen LogP contribution in [0.1, 0.15) is 5.56 Å². The van der Waals surface area contributed by atoms with Crippen LogP contribution in [0.5, 0.6) is 5.88 Å². The quantitative estimate of drug-likeness (QED) is 0.791. The fourth-order valence-electron chi connectivity index (χ4n) is 2.19. The summed E-state index contributed by atoms with van der Waals surface area (Å²) in [6, 6.07) is 10.8. The van der Waals surface area contributed by atoms with Crippen LogP contribution in [0.25, 0.3) is 6.08 Å². The largest absolute Gasteiger partial charge is 0.470 e. The Balaban J connectivity index is 1.52. The molecule has 0 aliphatic carbocycles. The molecular formula is C17H14Cl2N2O2. The van der Waals surface area contributed by atoms with Gasteiger partial charge in [-0.15, -0.1) is 0 Å². The van der Waals surface area contributed by atoms with Crippen molar-refractivity contribution >= 4 is 35.2 Å². The second-order valence-electron chi connectivity index (χ2n) is 5.13. The summed E-state index contributed by atoms with van der Waals surface area (Å²) in [7, 11) is 0. The lowest BCUT2D eigenvalue weighted by molar-refractivity contribution is -0.134. The average molecular weight is 349 g/mol. The molecule has 2 heterocycles. The number of rotatable bonds is 4. The normalized spacial score (nSPS) is 14.8. The highest BCUT2D eigenvalue weighted by Gasteiger charge is 2.31. The van der Waals surface area contributed by atoms with Crippen molar-refractivity contribution in [2.45, 2.75) is 6.10 Å². The number of nitrogens with zero attached hydrogens (tertiary/aromatic N) is 2. The molecule has 1 amide bonds. The second kappa shape index (κ2) is 7.02. The smallest absolute Gasteiger partial charge is 0.246 e. The van der Waals surface area contributed by atoms with E-state index >= 15 is 0 Å². The van der Waals surface area contributed by atoms with Crippen LogP contribution in [0.2, 0.25) is 10.0 Å². The van der Waals surface area contributed by atoms with E-state index in [9.17, 15) is 4.79 Å². The highest BCUT2D eigenvalue weighted by Crippen LogP contribution is 2.24. The van der Waals surface area contributed by atoms with Crippen LogP contribution < -0.4 is 4.74 Å². The van der Waals surface area contributed by atoms with Gasteiger partial charge in [0.2, 0.25) is 11.8 Å². The zero-order valence-electron chi connectivity index (χ0n) is 12.2. The molecule has 23 heavy (non-hydrogen) atoms. The molecule has 6 heteroatoms. The van der Waals surface area contributed by atoms with E-state index in [-0.39, 0.29) is 12.0 Å². The summed E-state index contributed by atoms with van der Waals surface area (Å²) >= 11 is 12.0. The maximum absolute atomic E-state index is 12.1. The van der Waals surface area contributed by atoms with Crippen LogP contribution in [0.15, 0.2) is 48.7 Å². The Hall–Kier alpha value is -2.04. The van der Waals surface area contributed by atoms with Crippen molar-refractivity contribution < 1.29 is 9.53 Å². The molecule has 3 rings (SSSR count). The predicted octanol–water partition coefficient (Wildman–Crippen LogP) is 3.69. The van der Waals surface area contributed by atoms with Gasteiger partial charge in [-0.3, -0.25) is 4.79 Å². The minimum absolute atomic E-state index is 0.0723. The fraction of sp³-hybridized carbons (Fsp3) is 0.176. The summed E-state index contributed by atoms with van der Waals surface area (Å²) in [4.78, 5) is 17.8. The highest BCUT2D eigenvalue weighted by atomic mass is 35.5. The fourth-order valence-corrected chi connectivity index (χ4v) is 2.55. The number of carbonyl (C=O) groups is 1. The third kappa shape index (κ3) is 3.84. The minimum atomic E-state index is -0.0833. The molecule has 1 saturated heterocycles. The molecule has 1 aromatic heterocycles. The monoisotopic (exact) mass is 348 g/mol. The van der Waals surface area contributed by atoms with Crippen LogP contribution in [-0.2, 0) is 4.79 Å². The first-order chi connectivity index (χ1) is 11.1. The Morgan fingerprint density at radius 3 is 2.65 bits per heavy atom. The van der Waals surface area contributed by atoms with Crippen LogP contribution in [0.3, 0.4) is 0 Å². The van der Waals surface area contributed by atoms with E-state index in [4.69, 9.17) is 27.9 Å². The number of hydrogen-bond acceptors (Lipinski definition) is 3. The molecule has 0 bridgehead atoms. The van der Waals surface area contributed by atoms with Gasteiger partial charge in [0, 0.05) is 17.3 Å². The molecule has 0 atom stereocenters. The number of benzene rings is 1. The minimum Gasteiger partial charge on any atom is -0.470 e. The summed E-state index contributed by atoms with van der Waals surface area (Å²) in [5, 5.41) is 1.09. The van der Waals surface area contributed by atoms with E-state index in [1.54, 1.807) is 35.4 Å². The van der Waals surface area contributed by atoms with Crippen molar-refractivity contribution in [3.05, 3.63) is 64.3 Å². The number of carbonyl (C=O) groups excluding carboxylic acids is 1. The van der Waals surface area contributed by atoms with Gasteiger partial charge in [0.05, 0.1) is 13.1 Å². The topological polar surface area (TPSA) is 42.4 Å². The molecule has 118 valence electrons. The number of hydrogen-bond donors (Lipinski definition) is 0. The molecule has 4 nitrogen and oxygen atoms in total. The molecule has 1 aliphatic heterocycles. The molecule has 0 spiro atoms. The van der Waals surface area contributed by atoms with Crippen molar-refractivity contribution in [2.24, 2.45) is 0 Å². The molecule has 0 saturated carbocycles. The summed E-state index contributed by atoms with van der Waals surface area (Å²) in [5.41, 5.74) is 0.816. The predicted molar refractivity (Wildman–Crippen MR) is 90.7 cm³/mol. The van der Waals surface area contributed by atoms with E-state index in [2.05, 4.69) is 4.98 Å². The molecule has 1 fully saturated rings. The van der Waals surface area contributed by atoms with Crippen molar-refractivity contribution in [3.8, 4) is 5.88 Å². The zero-order valence-corrected chi connectivity index (χ0v) is 13.7. The maximum atomic E-state index is 12.1. The maximum Gasteiger partial charge on any atom is 0.246 e. The van der Waals surface area contributed by atoms with Gasteiger partial charge in [-0.25, -0.2) is 4.98 Å². The highest BCUT2D eigenvalue weighted by molar-refractivity contribution is 6.32. The SMILES string of the molecule is O=C(/C=C/c1ccccc1Cl)N1CC(Oc2ncccc2Cl)C1. The number of ether oxygens (including phenoxy) is 1. The van der Waals surface area contributed by atoms with Gasteiger partial charge in [0.15, 0.2) is 0 Å². The summed E-state index contributed by atoms with van der Waals surface area (Å²) in [5.74, 6) is 0.328. The van der Waals surface area contributed by atoms with E-state index in [0.29, 0.717) is 29.0 Å². The number of halogens is 2. The van der Waals surface area contributed by atoms with Crippen LogP contribution in [-0.4, -0.2) is 35.0 Å². The van der Waals surface area contributed by atoms with Gasteiger partial charge in [-0.05, 0) is 29.8 Å². The number of likely N-dealkylation sites (tertiary alicyclic amines) is 1. The summed E-state index contributed by atoms with van der Waals surface area (Å²) in [6.07, 6.45) is 4.77. The van der Waals surface area contributed by atoms with Gasteiger partial charge in [-0.1, -0.05) is 41.4 Å². The molecule has 0 radical (unpaired) electrons. The Bertz CT molecular complexity index is 743. The molecule has 0 N–H and O–H groups in total. The van der Waals surface area contributed by atoms with Gasteiger partial charge < -0.3 is 9.64 Å². The van der Waals surface area contributed by atoms with E-state index in [0.717, 1.165) is 5.56 Å². The van der Waals surface area contributed by atoms with E-state index in [1.165, 1.54) is 6.08 Å². The summed E-state index contributed by atoms with van der Waals surface area (Å²) < 4.78 is 5.66. The third-order valence-corrected chi connectivity index (χ3v) is 4.11. The number of aromatic nitrogens is 1. The van der Waals surface area contributed by atoms with Crippen molar-refractivity contribution in [1.82, 2.24) is 9.88 Å². The Kier molecular flexibility index (Phi) is 4.84. The zero-order chi connectivity index (χ0) is 16.2. The standard InChI is InChI=1S/C17H14Cl2N2O2/c18-14-5-2-1-4-12(14)7-8-16(22)21-10-13(11-21)23-17-15(19)6-3-9-20-17/h1-9,13H,10-11H2/b8-7+.